The zero-order valence-electron chi connectivity index (χ0n) is 23.9. The van der Waals surface area contributed by atoms with Crippen molar-refractivity contribution >= 4 is 47.2 Å². The van der Waals surface area contributed by atoms with E-state index in [1.165, 1.54) is 17.2 Å². The Balaban J connectivity index is 1.81. The summed E-state index contributed by atoms with van der Waals surface area (Å²) in [4.78, 5) is 50.3. The van der Waals surface area contributed by atoms with Crippen molar-refractivity contribution in [1.82, 2.24) is 0 Å². The normalized spacial score (nSPS) is 19.0. The van der Waals surface area contributed by atoms with Crippen molar-refractivity contribution in [1.29, 1.82) is 0 Å². The van der Waals surface area contributed by atoms with Gasteiger partial charge in [0.25, 0.3) is 0 Å². The molecule has 42 heavy (non-hydrogen) atoms. The van der Waals surface area contributed by atoms with Crippen LogP contribution in [0.5, 0.6) is 0 Å². The van der Waals surface area contributed by atoms with Gasteiger partial charge in [0.1, 0.15) is 19.4 Å². The molecule has 3 rings (SSSR count). The van der Waals surface area contributed by atoms with Gasteiger partial charge in [-0.3, -0.25) is 5.01 Å². The number of anilines is 1. The smallest absolute Gasteiger partial charge is 0.398 e. The molecule has 0 unspecified atom stereocenters. The second-order valence-electron chi connectivity index (χ2n) is 8.79. The van der Waals surface area contributed by atoms with E-state index in [1.54, 1.807) is 69.7 Å². The minimum atomic E-state index is -0.720. The van der Waals surface area contributed by atoms with Crippen LogP contribution < -0.4 is 5.01 Å². The van der Waals surface area contributed by atoms with Gasteiger partial charge in [-0.1, -0.05) is 24.3 Å². The number of hydrogen-bond acceptors (Lipinski definition) is 12. The summed E-state index contributed by atoms with van der Waals surface area (Å²) in [6, 6.07) is 6.24. The summed E-state index contributed by atoms with van der Waals surface area (Å²) in [5.74, 6) is -3.29. The second-order valence-corrected chi connectivity index (χ2v) is 8.79. The maximum Gasteiger partial charge on any atom is 0.398 e. The van der Waals surface area contributed by atoms with Gasteiger partial charge in [-0.15, -0.1) is 10.2 Å². The van der Waals surface area contributed by atoms with Crippen LogP contribution in [0.4, 0.5) is 5.69 Å². The van der Waals surface area contributed by atoms with Gasteiger partial charge in [-0.25, -0.2) is 19.2 Å². The van der Waals surface area contributed by atoms with Gasteiger partial charge in [0.2, 0.25) is 5.71 Å². The highest BCUT2D eigenvalue weighted by Gasteiger charge is 2.42. The molecule has 12 heteroatoms. The van der Waals surface area contributed by atoms with Gasteiger partial charge in [-0.05, 0) is 39.8 Å². The lowest BCUT2D eigenvalue weighted by Crippen LogP contribution is -2.37. The van der Waals surface area contributed by atoms with Crippen molar-refractivity contribution in [3.63, 3.8) is 0 Å². The van der Waals surface area contributed by atoms with Gasteiger partial charge < -0.3 is 18.9 Å². The Kier molecular flexibility index (Phi) is 11.8. The summed E-state index contributed by atoms with van der Waals surface area (Å²) in [5, 5.41) is 13.6. The van der Waals surface area contributed by atoms with Gasteiger partial charge in [0.05, 0.1) is 54.7 Å². The Bertz CT molecular complexity index is 1360. The van der Waals surface area contributed by atoms with E-state index in [0.29, 0.717) is 5.69 Å². The highest BCUT2D eigenvalue weighted by molar-refractivity contribution is 6.38. The van der Waals surface area contributed by atoms with Crippen LogP contribution in [0.2, 0.25) is 0 Å². The van der Waals surface area contributed by atoms with Crippen molar-refractivity contribution in [2.24, 2.45) is 21.2 Å². The first-order chi connectivity index (χ1) is 20.3. The Hall–Kier alpha value is -5.00. The first kappa shape index (κ1) is 31.5. The fourth-order valence-electron chi connectivity index (χ4n) is 4.01. The fraction of sp³-hybridized carbons (Fsp3) is 0.333. The van der Waals surface area contributed by atoms with E-state index in [2.05, 4.69) is 15.3 Å². The lowest BCUT2D eigenvalue weighted by molar-refractivity contribution is -0.140. The number of carbonyl (C=O) groups is 4. The van der Waals surface area contributed by atoms with Crippen molar-refractivity contribution in [3.05, 3.63) is 72.2 Å². The molecule has 0 N–H and O–H groups in total. The third-order valence-corrected chi connectivity index (χ3v) is 6.07. The molecule has 0 fully saturated rings. The van der Waals surface area contributed by atoms with Gasteiger partial charge >= 0.3 is 23.9 Å². The van der Waals surface area contributed by atoms with Crippen LogP contribution in [0.15, 0.2) is 75.5 Å². The largest absolute Gasteiger partial charge is 0.462 e. The van der Waals surface area contributed by atoms with E-state index in [0.717, 1.165) is 6.21 Å². The number of nitrogens with zero attached hydrogens (tertiary/aromatic N) is 4. The third-order valence-electron chi connectivity index (χ3n) is 6.07. The molecule has 1 heterocycles. The highest BCUT2D eigenvalue weighted by Crippen LogP contribution is 2.32. The molecule has 1 aliphatic carbocycles. The third kappa shape index (κ3) is 8.03. The van der Waals surface area contributed by atoms with E-state index in [9.17, 15) is 19.2 Å². The van der Waals surface area contributed by atoms with Gasteiger partial charge in [0.15, 0.2) is 11.3 Å². The molecule has 1 aromatic carbocycles. The molecule has 2 aliphatic rings. The molecule has 0 aromatic heterocycles. The van der Waals surface area contributed by atoms with Crippen LogP contribution in [-0.4, -0.2) is 74.0 Å². The molecule has 0 saturated carbocycles. The first-order valence-electron chi connectivity index (χ1n) is 13.4. The van der Waals surface area contributed by atoms with Gasteiger partial charge in [0, 0.05) is 6.42 Å². The lowest BCUT2D eigenvalue weighted by Gasteiger charge is -2.25. The monoisotopic (exact) mass is 577 g/mol. The molecular formula is C30H33N4O8+. The quantitative estimate of drug-likeness (QED) is 0.0911. The Labute approximate surface area is 244 Å². The predicted molar refractivity (Wildman–Crippen MR) is 156 cm³/mol. The number of benzene rings is 1. The maximum atomic E-state index is 13.1. The second kappa shape index (κ2) is 15.7. The van der Waals surface area contributed by atoms with E-state index in [1.807, 2.05) is 6.92 Å². The molecule has 0 bridgehead atoms. The minimum absolute atomic E-state index is 0.0474. The SMILES string of the molecule is C/C=C/COC(=O)c1ccccc1N1N=C(C(=O)OCC)[C@@H](COC(=O)C2=C[CH+]C=C/C2=N\N=C\C(=O)OCC)[C@@H]1C. The Morgan fingerprint density at radius 1 is 1.02 bits per heavy atom. The number of carbonyl (C=O) groups excluding carboxylic acids is 4. The van der Waals surface area contributed by atoms with Crippen LogP contribution >= 0.6 is 0 Å². The van der Waals surface area contributed by atoms with Crippen LogP contribution in [-0.2, 0) is 33.3 Å². The number of ether oxygens (including phenoxy) is 4. The van der Waals surface area contributed by atoms with Crippen LogP contribution in [0, 0.1) is 12.3 Å². The molecule has 1 aromatic rings. The van der Waals surface area contributed by atoms with Crippen molar-refractivity contribution < 1.29 is 38.1 Å². The van der Waals surface area contributed by atoms with Crippen LogP contribution in [0.1, 0.15) is 38.1 Å². The molecule has 2 atom stereocenters. The number of para-hydroxylation sites is 1. The van der Waals surface area contributed by atoms with E-state index >= 15 is 0 Å². The van der Waals surface area contributed by atoms with Crippen LogP contribution in [0.25, 0.3) is 0 Å². The number of esters is 4. The average Bonchev–Trinajstić information content (AvgIpc) is 3.32. The minimum Gasteiger partial charge on any atom is -0.462 e. The van der Waals surface area contributed by atoms with E-state index in [-0.39, 0.29) is 49.0 Å². The molecule has 0 saturated heterocycles. The summed E-state index contributed by atoms with van der Waals surface area (Å²) in [7, 11) is 0. The van der Waals surface area contributed by atoms with Crippen molar-refractivity contribution in [2.45, 2.75) is 33.7 Å². The van der Waals surface area contributed by atoms with Crippen molar-refractivity contribution in [3.8, 4) is 0 Å². The molecule has 220 valence electrons. The molecule has 0 spiro atoms. The molecule has 0 radical (unpaired) electrons. The zero-order valence-corrected chi connectivity index (χ0v) is 23.9. The molecule has 1 aliphatic heterocycles. The van der Waals surface area contributed by atoms with E-state index < -0.39 is 35.8 Å². The Morgan fingerprint density at radius 2 is 1.79 bits per heavy atom. The first-order valence-corrected chi connectivity index (χ1v) is 13.4. The molecule has 12 nitrogen and oxygen atoms in total. The number of rotatable bonds is 12. The summed E-state index contributed by atoms with van der Waals surface area (Å²) in [6.45, 7) is 7.14. The summed E-state index contributed by atoms with van der Waals surface area (Å²) in [6.07, 6.45) is 10.7. The molecular weight excluding hydrogens is 544 g/mol. The number of allylic oxidation sites excluding steroid dienone is 4. The number of hydrogen-bond donors (Lipinski definition) is 0. The summed E-state index contributed by atoms with van der Waals surface area (Å²) in [5.41, 5.74) is 1.01. The summed E-state index contributed by atoms with van der Waals surface area (Å²) >= 11 is 0. The molecule has 0 amide bonds. The Morgan fingerprint density at radius 3 is 2.52 bits per heavy atom. The topological polar surface area (TPSA) is 146 Å². The van der Waals surface area contributed by atoms with Crippen LogP contribution in [0.3, 0.4) is 0 Å². The zero-order chi connectivity index (χ0) is 30.5. The van der Waals surface area contributed by atoms with Crippen molar-refractivity contribution in [2.75, 3.05) is 31.4 Å². The standard InChI is InChI=1S/C30H33N4O8/c1-5-8-17-41-29(37)22-14-10-12-16-25(22)34-20(4)23(27(33-34)30(38)40-7-3)19-42-28(36)21-13-9-11-15-24(21)32-31-18-26(35)39-6-2/h5,8-16,18,20,23H,6-7,17,19H2,1-4H3/q+1/b8-5+,31-18+,32-24+/t20-,23-/m0/s1. The number of hydrazone groups is 1. The average molecular weight is 578 g/mol. The highest BCUT2D eigenvalue weighted by atomic mass is 16.5. The maximum absolute atomic E-state index is 13.1. The van der Waals surface area contributed by atoms with Gasteiger partial charge in [-0.2, -0.15) is 5.10 Å². The fourth-order valence-corrected chi connectivity index (χ4v) is 4.01. The summed E-state index contributed by atoms with van der Waals surface area (Å²) < 4.78 is 20.9. The predicted octanol–water partition coefficient (Wildman–Crippen LogP) is 3.40. The van der Waals surface area contributed by atoms with E-state index in [4.69, 9.17) is 18.9 Å². The lowest BCUT2D eigenvalue weighted by atomic mass is 9.97.